The summed E-state index contributed by atoms with van der Waals surface area (Å²) in [7, 11) is 0. The third-order valence-corrected chi connectivity index (χ3v) is 5.15. The molecule has 1 unspecified atom stereocenters. The molecule has 1 aromatic heterocycles. The molecule has 0 aliphatic carbocycles. The fourth-order valence-electron chi connectivity index (χ4n) is 1.83. The molecule has 0 aliphatic heterocycles. The molecule has 0 bridgehead atoms. The third-order valence-electron chi connectivity index (χ3n) is 2.97. The largest absolute Gasteiger partial charge is 0.352 e. The fraction of sp³-hybridized carbons (Fsp3) is 0.312. The van der Waals surface area contributed by atoms with Gasteiger partial charge in [0, 0.05) is 28.1 Å². The molecule has 112 valence electrons. The molecule has 0 saturated heterocycles. The molecule has 0 radical (unpaired) electrons. The predicted molar refractivity (Wildman–Crippen MR) is 90.9 cm³/mol. The van der Waals surface area contributed by atoms with Crippen molar-refractivity contribution in [1.82, 2.24) is 5.32 Å². The second-order valence-electron chi connectivity index (χ2n) is 4.89. The Balaban J connectivity index is 1.97. The second-order valence-corrected chi connectivity index (χ2v) is 6.94. The number of thiophene rings is 1. The van der Waals surface area contributed by atoms with Crippen molar-refractivity contribution in [2.45, 2.75) is 30.0 Å². The van der Waals surface area contributed by atoms with E-state index in [2.05, 4.69) is 16.8 Å². The van der Waals surface area contributed by atoms with Crippen LogP contribution < -0.4 is 11.1 Å². The predicted octanol–water partition coefficient (Wildman–Crippen LogP) is 3.51. The minimum Gasteiger partial charge on any atom is -0.352 e. The average Bonchev–Trinajstić information content (AvgIpc) is 2.98. The van der Waals surface area contributed by atoms with Crippen molar-refractivity contribution >= 4 is 29.0 Å². The highest BCUT2D eigenvalue weighted by Gasteiger charge is 2.11. The minimum atomic E-state index is -0.0232. The molecule has 5 heteroatoms. The topological polar surface area (TPSA) is 55.1 Å². The maximum atomic E-state index is 12.2. The number of hydrogen-bond acceptors (Lipinski definition) is 4. The lowest BCUT2D eigenvalue weighted by Crippen LogP contribution is -2.29. The van der Waals surface area contributed by atoms with E-state index in [1.54, 1.807) is 23.1 Å². The molecule has 0 saturated carbocycles. The molecule has 1 aromatic carbocycles. The van der Waals surface area contributed by atoms with Crippen molar-refractivity contribution < 1.29 is 4.79 Å². The van der Waals surface area contributed by atoms with Crippen LogP contribution in [0, 0.1) is 0 Å². The van der Waals surface area contributed by atoms with E-state index >= 15 is 0 Å². The van der Waals surface area contributed by atoms with Crippen molar-refractivity contribution in [2.75, 3.05) is 6.54 Å². The standard InChI is InChI=1S/C16H20N2OS2/c1-12(17)8-9-18-16(19)14-6-2-3-7-15(14)21-11-13-5-4-10-20-13/h2-7,10,12H,8-9,11,17H2,1H3,(H,18,19). The summed E-state index contributed by atoms with van der Waals surface area (Å²) in [5.41, 5.74) is 6.43. The van der Waals surface area contributed by atoms with Gasteiger partial charge in [0.25, 0.3) is 5.91 Å². The minimum absolute atomic E-state index is 0.0232. The molecule has 2 rings (SSSR count). The summed E-state index contributed by atoms with van der Waals surface area (Å²) in [6.07, 6.45) is 0.788. The SMILES string of the molecule is CC(N)CCNC(=O)c1ccccc1SCc1cccs1. The van der Waals surface area contributed by atoms with Crippen LogP contribution in [0.3, 0.4) is 0 Å². The van der Waals surface area contributed by atoms with Gasteiger partial charge in [-0.3, -0.25) is 4.79 Å². The molecule has 2 aromatic rings. The number of amides is 1. The van der Waals surface area contributed by atoms with Crippen molar-refractivity contribution in [1.29, 1.82) is 0 Å². The Morgan fingerprint density at radius 3 is 2.86 bits per heavy atom. The van der Waals surface area contributed by atoms with Crippen LogP contribution in [0.15, 0.2) is 46.7 Å². The molecule has 3 N–H and O–H groups in total. The number of nitrogens with two attached hydrogens (primary N) is 1. The summed E-state index contributed by atoms with van der Waals surface area (Å²) in [6, 6.07) is 12.0. The summed E-state index contributed by atoms with van der Waals surface area (Å²) in [5, 5.41) is 5.01. The molecule has 1 amide bonds. The molecule has 3 nitrogen and oxygen atoms in total. The Bertz CT molecular complexity index is 567. The molecule has 1 atom stereocenters. The summed E-state index contributed by atoms with van der Waals surface area (Å²) >= 11 is 3.44. The zero-order valence-electron chi connectivity index (χ0n) is 12.0. The van der Waals surface area contributed by atoms with Crippen molar-refractivity contribution in [3.63, 3.8) is 0 Å². The molecular weight excluding hydrogens is 300 g/mol. The summed E-state index contributed by atoms with van der Waals surface area (Å²) < 4.78 is 0. The van der Waals surface area contributed by atoms with Gasteiger partial charge in [-0.1, -0.05) is 18.2 Å². The lowest BCUT2D eigenvalue weighted by atomic mass is 10.2. The Morgan fingerprint density at radius 2 is 2.14 bits per heavy atom. The number of carbonyl (C=O) groups is 1. The zero-order chi connectivity index (χ0) is 15.1. The lowest BCUT2D eigenvalue weighted by Gasteiger charge is -2.10. The van der Waals surface area contributed by atoms with Crippen LogP contribution >= 0.6 is 23.1 Å². The monoisotopic (exact) mass is 320 g/mol. The van der Waals surface area contributed by atoms with E-state index in [4.69, 9.17) is 5.73 Å². The Morgan fingerprint density at radius 1 is 1.33 bits per heavy atom. The normalized spacial score (nSPS) is 12.1. The van der Waals surface area contributed by atoms with E-state index in [-0.39, 0.29) is 11.9 Å². The van der Waals surface area contributed by atoms with Gasteiger partial charge in [0.1, 0.15) is 0 Å². The van der Waals surface area contributed by atoms with E-state index in [0.717, 1.165) is 22.6 Å². The highest BCUT2D eigenvalue weighted by Crippen LogP contribution is 2.27. The Hall–Kier alpha value is -1.30. The number of rotatable bonds is 7. The van der Waals surface area contributed by atoms with Crippen LogP contribution in [0.5, 0.6) is 0 Å². The maximum absolute atomic E-state index is 12.2. The van der Waals surface area contributed by atoms with Gasteiger partial charge >= 0.3 is 0 Å². The first-order chi connectivity index (χ1) is 10.2. The van der Waals surface area contributed by atoms with Gasteiger partial charge in [0.2, 0.25) is 0 Å². The summed E-state index contributed by atoms with van der Waals surface area (Å²) in [4.78, 5) is 14.6. The molecule has 21 heavy (non-hydrogen) atoms. The number of thioether (sulfide) groups is 1. The van der Waals surface area contributed by atoms with E-state index in [1.165, 1.54) is 4.88 Å². The van der Waals surface area contributed by atoms with Gasteiger partial charge in [0.05, 0.1) is 5.56 Å². The highest BCUT2D eigenvalue weighted by atomic mass is 32.2. The van der Waals surface area contributed by atoms with Crippen LogP contribution in [0.1, 0.15) is 28.6 Å². The first-order valence-electron chi connectivity index (χ1n) is 6.95. The molecule has 0 fully saturated rings. The van der Waals surface area contributed by atoms with Gasteiger partial charge in [-0.05, 0) is 36.9 Å². The van der Waals surface area contributed by atoms with E-state index in [9.17, 15) is 4.79 Å². The molecular formula is C16H20N2OS2. The van der Waals surface area contributed by atoms with E-state index in [0.29, 0.717) is 6.54 Å². The second kappa shape index (κ2) is 8.22. The first kappa shape index (κ1) is 16.1. The van der Waals surface area contributed by atoms with Crippen molar-refractivity contribution in [3.8, 4) is 0 Å². The molecule has 1 heterocycles. The van der Waals surface area contributed by atoms with Crippen molar-refractivity contribution in [2.24, 2.45) is 5.73 Å². The smallest absolute Gasteiger partial charge is 0.252 e. The number of nitrogens with one attached hydrogen (secondary N) is 1. The van der Waals surface area contributed by atoms with Crippen LogP contribution in [0.25, 0.3) is 0 Å². The van der Waals surface area contributed by atoms with Gasteiger partial charge in [-0.15, -0.1) is 23.1 Å². The Kier molecular flexibility index (Phi) is 6.29. The number of hydrogen-bond donors (Lipinski definition) is 2. The van der Waals surface area contributed by atoms with Crippen LogP contribution in [0.2, 0.25) is 0 Å². The van der Waals surface area contributed by atoms with Gasteiger partial charge < -0.3 is 11.1 Å². The van der Waals surface area contributed by atoms with Crippen LogP contribution in [-0.2, 0) is 5.75 Å². The summed E-state index contributed by atoms with van der Waals surface area (Å²) in [6.45, 7) is 2.55. The zero-order valence-corrected chi connectivity index (χ0v) is 13.7. The van der Waals surface area contributed by atoms with E-state index < -0.39 is 0 Å². The quantitative estimate of drug-likeness (QED) is 0.768. The first-order valence-corrected chi connectivity index (χ1v) is 8.81. The average molecular weight is 320 g/mol. The van der Waals surface area contributed by atoms with Crippen LogP contribution in [-0.4, -0.2) is 18.5 Å². The fourth-order valence-corrected chi connectivity index (χ4v) is 3.66. The van der Waals surface area contributed by atoms with Gasteiger partial charge in [-0.25, -0.2) is 0 Å². The number of benzene rings is 1. The van der Waals surface area contributed by atoms with E-state index in [1.807, 2.05) is 37.3 Å². The molecule has 0 spiro atoms. The van der Waals surface area contributed by atoms with Crippen LogP contribution in [0.4, 0.5) is 0 Å². The van der Waals surface area contributed by atoms with Gasteiger partial charge in [-0.2, -0.15) is 0 Å². The maximum Gasteiger partial charge on any atom is 0.252 e. The molecule has 0 aliphatic rings. The lowest BCUT2D eigenvalue weighted by molar-refractivity contribution is 0.0950. The highest BCUT2D eigenvalue weighted by molar-refractivity contribution is 7.98. The third kappa shape index (κ3) is 5.19. The summed E-state index contributed by atoms with van der Waals surface area (Å²) in [5.74, 6) is 0.867. The Labute approximate surface area is 133 Å². The number of carbonyl (C=O) groups excluding carboxylic acids is 1. The van der Waals surface area contributed by atoms with Crippen molar-refractivity contribution in [3.05, 3.63) is 52.2 Å². The van der Waals surface area contributed by atoms with Gasteiger partial charge in [0.15, 0.2) is 0 Å².